The van der Waals surface area contributed by atoms with E-state index in [2.05, 4.69) is 29.8 Å². The Morgan fingerprint density at radius 1 is 1.61 bits per heavy atom. The van der Waals surface area contributed by atoms with Gasteiger partial charge >= 0.3 is 0 Å². The molecule has 0 aliphatic carbocycles. The third-order valence-corrected chi connectivity index (χ3v) is 4.15. The first-order valence-corrected chi connectivity index (χ1v) is 6.33. The first-order chi connectivity index (χ1) is 8.61. The Kier molecular flexibility index (Phi) is 3.53. The fourth-order valence-corrected chi connectivity index (χ4v) is 2.58. The quantitative estimate of drug-likeness (QED) is 0.882. The van der Waals surface area contributed by atoms with Gasteiger partial charge in [-0.2, -0.15) is 5.26 Å². The first-order valence-electron chi connectivity index (χ1n) is 6.33. The van der Waals surface area contributed by atoms with Crippen molar-refractivity contribution in [2.75, 3.05) is 24.6 Å². The Morgan fingerprint density at radius 2 is 2.39 bits per heavy atom. The van der Waals surface area contributed by atoms with Crippen LogP contribution >= 0.6 is 0 Å². The molecule has 18 heavy (non-hydrogen) atoms. The molecule has 0 amide bonds. The van der Waals surface area contributed by atoms with Crippen LogP contribution in [-0.2, 0) is 0 Å². The molecule has 4 heteroatoms. The lowest BCUT2D eigenvalue weighted by atomic mass is 9.77. The molecule has 1 aliphatic rings. The maximum Gasteiger partial charge on any atom is 0.142 e. The van der Waals surface area contributed by atoms with E-state index in [9.17, 15) is 5.11 Å². The fraction of sp³-hybridized carbons (Fsp3) is 0.571. The van der Waals surface area contributed by atoms with E-state index in [1.807, 2.05) is 12.1 Å². The summed E-state index contributed by atoms with van der Waals surface area (Å²) < 4.78 is 0. The Balaban J connectivity index is 2.20. The number of nitrogens with zero attached hydrogens (tertiary/aromatic N) is 3. The van der Waals surface area contributed by atoms with Crippen LogP contribution in [0, 0.1) is 22.7 Å². The predicted molar refractivity (Wildman–Crippen MR) is 70.1 cm³/mol. The average Bonchev–Trinajstić information content (AvgIpc) is 2.84. The highest BCUT2D eigenvalue weighted by atomic mass is 16.3. The Morgan fingerprint density at radius 3 is 2.94 bits per heavy atom. The Bertz CT molecular complexity index is 466. The molecule has 96 valence electrons. The summed E-state index contributed by atoms with van der Waals surface area (Å²) in [4.78, 5) is 6.22. The van der Waals surface area contributed by atoms with E-state index in [1.54, 1.807) is 6.20 Å². The minimum atomic E-state index is -0.0178. The van der Waals surface area contributed by atoms with Crippen LogP contribution < -0.4 is 4.90 Å². The van der Waals surface area contributed by atoms with Crippen molar-refractivity contribution in [1.29, 1.82) is 5.26 Å². The molecule has 1 fully saturated rings. The molecule has 1 unspecified atom stereocenters. The van der Waals surface area contributed by atoms with Gasteiger partial charge in [-0.1, -0.05) is 13.8 Å². The molecule has 2 rings (SSSR count). The van der Waals surface area contributed by atoms with E-state index in [-0.39, 0.29) is 12.0 Å². The van der Waals surface area contributed by atoms with Gasteiger partial charge in [-0.15, -0.1) is 0 Å². The molecule has 4 nitrogen and oxygen atoms in total. The smallest absolute Gasteiger partial charge is 0.142 e. The molecule has 1 aromatic rings. The monoisotopic (exact) mass is 245 g/mol. The standard InChI is InChI=1S/C14H19N3O/c1-11(2)14(10-18)4-6-17(9-14)13-3-5-16-12(7-13)8-15/h3,5,7,11,18H,4,6,9-10H2,1-2H3. The molecule has 2 heterocycles. The van der Waals surface area contributed by atoms with Gasteiger partial charge in [0.2, 0.25) is 0 Å². The Labute approximate surface area is 108 Å². The summed E-state index contributed by atoms with van der Waals surface area (Å²) in [6, 6.07) is 5.80. The van der Waals surface area contributed by atoms with E-state index in [4.69, 9.17) is 5.26 Å². The van der Waals surface area contributed by atoms with Gasteiger partial charge in [0.1, 0.15) is 11.8 Å². The zero-order valence-corrected chi connectivity index (χ0v) is 10.9. The molecule has 1 saturated heterocycles. The lowest BCUT2D eigenvalue weighted by Crippen LogP contribution is -2.35. The maximum atomic E-state index is 9.66. The number of rotatable bonds is 3. The highest BCUT2D eigenvalue weighted by Gasteiger charge is 2.40. The third-order valence-electron chi connectivity index (χ3n) is 4.15. The summed E-state index contributed by atoms with van der Waals surface area (Å²) in [5.74, 6) is 0.449. The first kappa shape index (κ1) is 12.8. The van der Waals surface area contributed by atoms with Gasteiger partial charge in [0.05, 0.1) is 6.61 Å². The third kappa shape index (κ3) is 2.19. The van der Waals surface area contributed by atoms with Crippen LogP contribution in [0.15, 0.2) is 18.3 Å². The van der Waals surface area contributed by atoms with E-state index in [1.165, 1.54) is 0 Å². The van der Waals surface area contributed by atoms with E-state index in [0.717, 1.165) is 25.2 Å². The fourth-order valence-electron chi connectivity index (χ4n) is 2.58. The molecule has 0 spiro atoms. The SMILES string of the molecule is CC(C)C1(CO)CCN(c2ccnc(C#N)c2)C1. The topological polar surface area (TPSA) is 60.1 Å². The van der Waals surface area contributed by atoms with E-state index in [0.29, 0.717) is 11.6 Å². The molecular weight excluding hydrogens is 226 g/mol. The van der Waals surface area contributed by atoms with Crippen LogP contribution in [0.4, 0.5) is 5.69 Å². The number of aromatic nitrogens is 1. The summed E-state index contributed by atoms with van der Waals surface area (Å²) in [7, 11) is 0. The molecule has 1 N–H and O–H groups in total. The van der Waals surface area contributed by atoms with Crippen molar-refractivity contribution in [3.63, 3.8) is 0 Å². The van der Waals surface area contributed by atoms with Gasteiger partial charge in [-0.05, 0) is 24.5 Å². The Hall–Kier alpha value is -1.60. The number of aliphatic hydroxyl groups is 1. The molecule has 1 atom stereocenters. The molecule has 1 aromatic heterocycles. The summed E-state index contributed by atoms with van der Waals surface area (Å²) in [6.07, 6.45) is 2.66. The van der Waals surface area contributed by atoms with Gasteiger partial charge in [0.15, 0.2) is 0 Å². The second-order valence-electron chi connectivity index (χ2n) is 5.36. The lowest BCUT2D eigenvalue weighted by molar-refractivity contribution is 0.0976. The maximum absolute atomic E-state index is 9.66. The lowest BCUT2D eigenvalue weighted by Gasteiger charge is -2.31. The van der Waals surface area contributed by atoms with Crippen molar-refractivity contribution < 1.29 is 5.11 Å². The average molecular weight is 245 g/mol. The summed E-state index contributed by atoms with van der Waals surface area (Å²) in [5.41, 5.74) is 1.45. The zero-order chi connectivity index (χ0) is 13.2. The predicted octanol–water partition coefficient (Wildman–Crippen LogP) is 1.80. The number of pyridine rings is 1. The van der Waals surface area contributed by atoms with Crippen molar-refractivity contribution >= 4 is 5.69 Å². The molecule has 0 radical (unpaired) electrons. The summed E-state index contributed by atoms with van der Waals surface area (Å²) in [6.45, 7) is 6.31. The molecule has 1 aliphatic heterocycles. The minimum Gasteiger partial charge on any atom is -0.396 e. The van der Waals surface area contributed by atoms with Crippen LogP contribution in [0.3, 0.4) is 0 Å². The van der Waals surface area contributed by atoms with Gasteiger partial charge in [-0.25, -0.2) is 4.98 Å². The molecule has 0 saturated carbocycles. The van der Waals surface area contributed by atoms with Crippen LogP contribution in [0.2, 0.25) is 0 Å². The van der Waals surface area contributed by atoms with Crippen molar-refractivity contribution in [3.05, 3.63) is 24.0 Å². The van der Waals surface area contributed by atoms with Crippen LogP contribution in [0.5, 0.6) is 0 Å². The summed E-state index contributed by atoms with van der Waals surface area (Å²) >= 11 is 0. The van der Waals surface area contributed by atoms with E-state index >= 15 is 0 Å². The number of aliphatic hydroxyl groups excluding tert-OH is 1. The minimum absolute atomic E-state index is 0.0178. The normalized spacial score (nSPS) is 23.4. The molecular formula is C14H19N3O. The number of anilines is 1. The zero-order valence-electron chi connectivity index (χ0n) is 10.9. The molecule has 0 bridgehead atoms. The highest BCUT2D eigenvalue weighted by molar-refractivity contribution is 5.50. The summed E-state index contributed by atoms with van der Waals surface area (Å²) in [5, 5.41) is 18.5. The van der Waals surface area contributed by atoms with Crippen molar-refractivity contribution in [3.8, 4) is 6.07 Å². The van der Waals surface area contributed by atoms with Gasteiger partial charge in [0, 0.05) is 30.4 Å². The van der Waals surface area contributed by atoms with E-state index < -0.39 is 0 Å². The number of hydrogen-bond donors (Lipinski definition) is 1. The van der Waals surface area contributed by atoms with Crippen LogP contribution in [-0.4, -0.2) is 29.8 Å². The van der Waals surface area contributed by atoms with Gasteiger partial charge < -0.3 is 10.0 Å². The molecule has 0 aromatic carbocycles. The van der Waals surface area contributed by atoms with Crippen molar-refractivity contribution in [1.82, 2.24) is 4.98 Å². The number of nitriles is 1. The number of hydrogen-bond acceptors (Lipinski definition) is 4. The second-order valence-corrected chi connectivity index (χ2v) is 5.36. The van der Waals surface area contributed by atoms with Crippen molar-refractivity contribution in [2.24, 2.45) is 11.3 Å². The van der Waals surface area contributed by atoms with Crippen molar-refractivity contribution in [2.45, 2.75) is 20.3 Å². The van der Waals surface area contributed by atoms with Gasteiger partial charge in [0.25, 0.3) is 0 Å². The highest BCUT2D eigenvalue weighted by Crippen LogP contribution is 2.39. The van der Waals surface area contributed by atoms with Crippen LogP contribution in [0.25, 0.3) is 0 Å². The van der Waals surface area contributed by atoms with Crippen LogP contribution in [0.1, 0.15) is 26.0 Å². The second kappa shape index (κ2) is 4.95. The largest absolute Gasteiger partial charge is 0.396 e. The van der Waals surface area contributed by atoms with Gasteiger partial charge in [-0.3, -0.25) is 0 Å².